The van der Waals surface area contributed by atoms with E-state index in [2.05, 4.69) is 27.6 Å². The Labute approximate surface area is 161 Å². The topological polar surface area (TPSA) is 110 Å². The highest BCUT2D eigenvalue weighted by molar-refractivity contribution is 5.79. The molecule has 8 nitrogen and oxygen atoms in total. The van der Waals surface area contributed by atoms with Gasteiger partial charge in [-0.25, -0.2) is 10.1 Å². The molecule has 3 N–H and O–H groups in total. The van der Waals surface area contributed by atoms with Crippen LogP contribution in [0.4, 0.5) is 10.8 Å². The third kappa shape index (κ3) is 4.66. The molecule has 28 heavy (non-hydrogen) atoms. The maximum absolute atomic E-state index is 10.5. The van der Waals surface area contributed by atoms with Gasteiger partial charge < -0.3 is 19.6 Å². The fourth-order valence-electron chi connectivity index (χ4n) is 3.03. The number of hydrogen-bond acceptors (Lipinski definition) is 6. The van der Waals surface area contributed by atoms with Gasteiger partial charge in [0.15, 0.2) is 0 Å². The fourth-order valence-corrected chi connectivity index (χ4v) is 3.03. The summed E-state index contributed by atoms with van der Waals surface area (Å²) in [5, 5.41) is 21.4. The zero-order chi connectivity index (χ0) is 19.3. The molecule has 1 aliphatic carbocycles. The Hall–Kier alpha value is -3.39. The second kappa shape index (κ2) is 8.10. The first kappa shape index (κ1) is 18.0. The quantitative estimate of drug-likeness (QED) is 0.549. The van der Waals surface area contributed by atoms with E-state index >= 15 is 0 Å². The molecule has 0 radical (unpaired) electrons. The average Bonchev–Trinajstić information content (AvgIpc) is 3.36. The van der Waals surface area contributed by atoms with Crippen molar-refractivity contribution in [3.8, 4) is 5.75 Å². The number of carboxylic acid groups (broad SMARTS) is 1. The first-order valence-electron chi connectivity index (χ1n) is 9.00. The van der Waals surface area contributed by atoms with Crippen LogP contribution in [0, 0.1) is 0 Å². The number of carbonyl (C=O) groups is 1. The maximum atomic E-state index is 10.5. The number of nitrogens with zero attached hydrogens (tertiary/aromatic N) is 2. The zero-order valence-corrected chi connectivity index (χ0v) is 15.0. The average molecular weight is 380 g/mol. The van der Waals surface area contributed by atoms with Crippen LogP contribution < -0.4 is 15.4 Å². The third-order valence-electron chi connectivity index (χ3n) is 4.54. The van der Waals surface area contributed by atoms with Crippen LogP contribution in [0.1, 0.15) is 29.4 Å². The van der Waals surface area contributed by atoms with E-state index in [9.17, 15) is 4.79 Å². The molecule has 0 aliphatic heterocycles. The van der Waals surface area contributed by atoms with Crippen LogP contribution in [-0.4, -0.2) is 27.4 Å². The van der Waals surface area contributed by atoms with E-state index in [0.717, 1.165) is 17.7 Å². The van der Waals surface area contributed by atoms with E-state index in [4.69, 9.17) is 14.3 Å². The van der Waals surface area contributed by atoms with Gasteiger partial charge in [-0.1, -0.05) is 47.6 Å². The van der Waals surface area contributed by atoms with Crippen LogP contribution in [0.15, 0.2) is 59.0 Å². The number of hydrogen-bond donors (Lipinski definition) is 3. The molecule has 3 aromatic rings. The predicted molar refractivity (Wildman–Crippen MR) is 101 cm³/mol. The summed E-state index contributed by atoms with van der Waals surface area (Å²) in [6, 6.07) is 18.5. The minimum atomic E-state index is -1.23. The molecule has 1 saturated carbocycles. The molecule has 2 unspecified atom stereocenters. The lowest BCUT2D eigenvalue weighted by Gasteiger charge is -2.07. The molecule has 1 fully saturated rings. The van der Waals surface area contributed by atoms with Gasteiger partial charge in [0.1, 0.15) is 12.4 Å². The summed E-state index contributed by atoms with van der Waals surface area (Å²) in [6.07, 6.45) is -0.208. The third-order valence-corrected chi connectivity index (χ3v) is 4.54. The Kier molecular flexibility index (Phi) is 5.20. The molecule has 0 bridgehead atoms. The molecule has 1 aliphatic rings. The van der Waals surface area contributed by atoms with Crippen molar-refractivity contribution in [1.82, 2.24) is 15.5 Å². The first-order chi connectivity index (χ1) is 13.7. The number of nitrogens with one attached hydrogen (secondary N) is 2. The van der Waals surface area contributed by atoms with Gasteiger partial charge in [-0.2, -0.15) is 0 Å². The lowest BCUT2D eigenvalue weighted by Crippen LogP contribution is -2.17. The first-order valence-corrected chi connectivity index (χ1v) is 9.00. The van der Waals surface area contributed by atoms with Crippen molar-refractivity contribution in [1.29, 1.82) is 0 Å². The van der Waals surface area contributed by atoms with Crippen molar-refractivity contribution in [2.75, 3.05) is 5.32 Å². The second-order valence-electron chi connectivity index (χ2n) is 6.60. The number of rotatable bonds is 8. The zero-order valence-electron chi connectivity index (χ0n) is 15.0. The summed E-state index contributed by atoms with van der Waals surface area (Å²) < 4.78 is 11.0. The summed E-state index contributed by atoms with van der Waals surface area (Å²) in [4.78, 5) is 10.5. The maximum Gasteiger partial charge on any atom is 0.412 e. The molecule has 4 rings (SSSR count). The van der Waals surface area contributed by atoms with Crippen LogP contribution in [0.2, 0.25) is 0 Å². The number of benzene rings is 2. The van der Waals surface area contributed by atoms with Crippen molar-refractivity contribution >= 4 is 12.1 Å². The predicted octanol–water partition coefficient (Wildman–Crippen LogP) is 3.38. The Morgan fingerprint density at radius 2 is 1.93 bits per heavy atom. The summed E-state index contributed by atoms with van der Waals surface area (Å²) in [7, 11) is 0. The van der Waals surface area contributed by atoms with Gasteiger partial charge >= 0.3 is 12.1 Å². The van der Waals surface area contributed by atoms with Gasteiger partial charge in [-0.05, 0) is 29.7 Å². The molecule has 0 saturated heterocycles. The van der Waals surface area contributed by atoms with E-state index in [0.29, 0.717) is 31.0 Å². The largest absolute Gasteiger partial charge is 0.489 e. The van der Waals surface area contributed by atoms with E-state index in [1.807, 2.05) is 47.8 Å². The molecule has 1 aromatic heterocycles. The van der Waals surface area contributed by atoms with Crippen molar-refractivity contribution in [3.63, 3.8) is 0 Å². The summed E-state index contributed by atoms with van der Waals surface area (Å²) in [6.45, 7) is 0.949. The molecular weight excluding hydrogens is 360 g/mol. The lowest BCUT2D eigenvalue weighted by molar-refractivity contribution is 0.209. The highest BCUT2D eigenvalue weighted by Gasteiger charge is 2.38. The van der Waals surface area contributed by atoms with E-state index in [1.165, 1.54) is 5.56 Å². The highest BCUT2D eigenvalue weighted by atomic mass is 16.5. The van der Waals surface area contributed by atoms with Gasteiger partial charge in [-0.3, -0.25) is 0 Å². The van der Waals surface area contributed by atoms with Crippen LogP contribution >= 0.6 is 0 Å². The van der Waals surface area contributed by atoms with Gasteiger partial charge in [0.2, 0.25) is 5.89 Å². The Morgan fingerprint density at radius 3 is 2.68 bits per heavy atom. The second-order valence-corrected chi connectivity index (χ2v) is 6.60. The SMILES string of the molecule is O=C(O)Nc1nnc(CNC2CC2c2ccc(OCc3ccccc3)cc2)o1. The minimum absolute atomic E-state index is 0.122. The molecule has 1 amide bonds. The highest BCUT2D eigenvalue weighted by Crippen LogP contribution is 2.41. The van der Waals surface area contributed by atoms with E-state index in [-0.39, 0.29) is 6.01 Å². The summed E-state index contributed by atoms with van der Waals surface area (Å²) in [5.41, 5.74) is 2.39. The molecule has 2 atom stereocenters. The van der Waals surface area contributed by atoms with E-state index in [1.54, 1.807) is 0 Å². The van der Waals surface area contributed by atoms with E-state index < -0.39 is 6.09 Å². The van der Waals surface area contributed by atoms with Crippen molar-refractivity contribution in [3.05, 3.63) is 71.6 Å². The molecule has 2 aromatic carbocycles. The molecule has 8 heteroatoms. The van der Waals surface area contributed by atoms with Crippen LogP contribution in [0.25, 0.3) is 0 Å². The van der Waals surface area contributed by atoms with Gasteiger partial charge in [0.05, 0.1) is 6.54 Å². The minimum Gasteiger partial charge on any atom is -0.489 e. The smallest absolute Gasteiger partial charge is 0.412 e. The van der Waals surface area contributed by atoms with Crippen molar-refractivity contribution in [2.24, 2.45) is 0 Å². The Bertz CT molecular complexity index is 927. The molecular formula is C20H20N4O4. The fraction of sp³-hybridized carbons (Fsp3) is 0.250. The molecule has 1 heterocycles. The summed E-state index contributed by atoms with van der Waals surface area (Å²) >= 11 is 0. The van der Waals surface area contributed by atoms with Crippen molar-refractivity contribution in [2.45, 2.75) is 31.5 Å². The summed E-state index contributed by atoms with van der Waals surface area (Å²) in [5.74, 6) is 1.63. The monoisotopic (exact) mass is 380 g/mol. The lowest BCUT2D eigenvalue weighted by atomic mass is 10.1. The Morgan fingerprint density at radius 1 is 1.14 bits per heavy atom. The van der Waals surface area contributed by atoms with Gasteiger partial charge in [0.25, 0.3) is 0 Å². The number of amides is 1. The number of ether oxygens (including phenoxy) is 1. The van der Waals surface area contributed by atoms with Crippen molar-refractivity contribution < 1.29 is 19.1 Å². The standard InChI is InChI=1S/C20H20N4O4/c25-20(26)22-19-24-23-18(28-19)11-21-17-10-16(17)14-6-8-15(9-7-14)27-12-13-4-2-1-3-5-13/h1-9,16-17,21H,10-12H2,(H,22,24)(H,25,26). The van der Waals surface area contributed by atoms with Crippen LogP contribution in [-0.2, 0) is 13.2 Å². The van der Waals surface area contributed by atoms with Gasteiger partial charge in [0, 0.05) is 12.0 Å². The normalized spacial score (nSPS) is 17.9. The van der Waals surface area contributed by atoms with Gasteiger partial charge in [-0.15, -0.1) is 5.10 Å². The number of anilines is 1. The van der Waals surface area contributed by atoms with Crippen LogP contribution in [0.5, 0.6) is 5.75 Å². The number of aromatic nitrogens is 2. The Balaban J connectivity index is 1.23. The molecule has 0 spiro atoms. The molecule has 144 valence electrons. The van der Waals surface area contributed by atoms with Crippen LogP contribution in [0.3, 0.4) is 0 Å².